The van der Waals surface area contributed by atoms with Crippen molar-refractivity contribution in [2.24, 2.45) is 0 Å². The lowest BCUT2D eigenvalue weighted by Gasteiger charge is -2.07. The molecule has 0 aromatic carbocycles. The summed E-state index contributed by atoms with van der Waals surface area (Å²) in [5, 5.41) is 8.05. The zero-order valence-electron chi connectivity index (χ0n) is 17.3. The van der Waals surface area contributed by atoms with Gasteiger partial charge in [0.15, 0.2) is 11.6 Å². The smallest absolute Gasteiger partial charge is 0.276 e. The predicted molar refractivity (Wildman–Crippen MR) is 108 cm³/mol. The Bertz CT molecular complexity index is 1150. The molecule has 0 unspecified atom stereocenters. The minimum atomic E-state index is 0.179. The molecular weight excluding hydrogens is 384 g/mol. The molecule has 0 bridgehead atoms. The maximum absolute atomic E-state index is 5.47. The topological polar surface area (TPSA) is 113 Å². The highest BCUT2D eigenvalue weighted by atomic mass is 16.5. The minimum absolute atomic E-state index is 0.179. The largest absolute Gasteiger partial charge is 0.481 e. The van der Waals surface area contributed by atoms with Gasteiger partial charge in [-0.1, -0.05) is 36.3 Å². The molecule has 0 fully saturated rings. The molecule has 9 heteroatoms. The number of methoxy groups -OCH3 is 1. The molecule has 0 spiro atoms. The van der Waals surface area contributed by atoms with Crippen LogP contribution in [0.15, 0.2) is 39.5 Å². The quantitative estimate of drug-likeness (QED) is 0.452. The molecule has 0 saturated carbocycles. The molecule has 0 atom stereocenters. The van der Waals surface area contributed by atoms with E-state index in [-0.39, 0.29) is 5.92 Å². The monoisotopic (exact) mass is 406 g/mol. The van der Waals surface area contributed by atoms with Gasteiger partial charge in [-0.05, 0) is 31.0 Å². The van der Waals surface area contributed by atoms with Crippen molar-refractivity contribution in [1.82, 2.24) is 30.2 Å². The van der Waals surface area contributed by atoms with Crippen LogP contribution in [-0.4, -0.2) is 37.4 Å². The lowest BCUT2D eigenvalue weighted by molar-refractivity contribution is 0.389. The molecule has 30 heavy (non-hydrogen) atoms. The van der Waals surface area contributed by atoms with E-state index in [1.54, 1.807) is 13.3 Å². The van der Waals surface area contributed by atoms with E-state index in [2.05, 4.69) is 30.2 Å². The van der Waals surface area contributed by atoms with Gasteiger partial charge in [0.05, 0.1) is 7.11 Å². The Balaban J connectivity index is 1.49. The first-order valence-corrected chi connectivity index (χ1v) is 9.67. The predicted octanol–water partition coefficient (Wildman–Crippen LogP) is 3.80. The van der Waals surface area contributed by atoms with Crippen LogP contribution in [0.5, 0.6) is 5.88 Å². The van der Waals surface area contributed by atoms with Crippen molar-refractivity contribution < 1.29 is 13.8 Å². The third kappa shape index (κ3) is 4.05. The zero-order valence-corrected chi connectivity index (χ0v) is 17.3. The van der Waals surface area contributed by atoms with Gasteiger partial charge in [0.25, 0.3) is 11.8 Å². The summed E-state index contributed by atoms with van der Waals surface area (Å²) < 4.78 is 16.2. The number of ether oxygens (including phenoxy) is 1. The summed E-state index contributed by atoms with van der Waals surface area (Å²) in [7, 11) is 1.58. The van der Waals surface area contributed by atoms with Crippen molar-refractivity contribution in [3.63, 3.8) is 0 Å². The number of hydrogen-bond donors (Lipinski definition) is 0. The first-order valence-electron chi connectivity index (χ1n) is 9.67. The first-order chi connectivity index (χ1) is 14.5. The van der Waals surface area contributed by atoms with Crippen LogP contribution in [-0.2, 0) is 12.8 Å². The second kappa shape index (κ2) is 8.40. The Hall–Kier alpha value is -3.62. The van der Waals surface area contributed by atoms with Gasteiger partial charge >= 0.3 is 0 Å². The normalized spacial score (nSPS) is 11.2. The third-order valence-electron chi connectivity index (χ3n) is 4.61. The Morgan fingerprint density at radius 2 is 1.80 bits per heavy atom. The third-order valence-corrected chi connectivity index (χ3v) is 4.61. The van der Waals surface area contributed by atoms with Gasteiger partial charge in [-0.3, -0.25) is 4.98 Å². The van der Waals surface area contributed by atoms with Crippen LogP contribution in [0.3, 0.4) is 0 Å². The van der Waals surface area contributed by atoms with Crippen LogP contribution >= 0.6 is 0 Å². The average molecular weight is 406 g/mol. The molecule has 0 radical (unpaired) electrons. The maximum Gasteiger partial charge on any atom is 0.276 e. The van der Waals surface area contributed by atoms with Crippen molar-refractivity contribution in [2.75, 3.05) is 7.11 Å². The fourth-order valence-corrected chi connectivity index (χ4v) is 2.94. The second-order valence-corrected chi connectivity index (χ2v) is 7.16. The highest BCUT2D eigenvalue weighted by molar-refractivity contribution is 5.52. The van der Waals surface area contributed by atoms with Crippen LogP contribution in [0.4, 0.5) is 0 Å². The summed E-state index contributed by atoms with van der Waals surface area (Å²) in [6.45, 7) is 5.96. The number of hydrogen-bond acceptors (Lipinski definition) is 9. The molecular formula is C21H22N6O3. The Morgan fingerprint density at radius 3 is 2.53 bits per heavy atom. The molecule has 4 rings (SSSR count). The fourth-order valence-electron chi connectivity index (χ4n) is 2.94. The molecule has 0 amide bonds. The summed E-state index contributed by atoms with van der Waals surface area (Å²) in [5.74, 6) is 2.71. The molecule has 0 aliphatic heterocycles. The number of nitrogens with zero attached hydrogens (tertiary/aromatic N) is 6. The molecule has 0 saturated heterocycles. The summed E-state index contributed by atoms with van der Waals surface area (Å²) >= 11 is 0. The van der Waals surface area contributed by atoms with Crippen LogP contribution in [0, 0.1) is 6.92 Å². The van der Waals surface area contributed by atoms with Crippen molar-refractivity contribution in [3.05, 3.63) is 53.2 Å². The molecule has 0 aliphatic rings. The molecule has 4 aromatic rings. The lowest BCUT2D eigenvalue weighted by Crippen LogP contribution is -2.00. The van der Waals surface area contributed by atoms with Crippen LogP contribution in [0.2, 0.25) is 0 Å². The lowest BCUT2D eigenvalue weighted by atomic mass is 10.1. The molecule has 9 nitrogen and oxygen atoms in total. The Kier molecular flexibility index (Phi) is 5.51. The summed E-state index contributed by atoms with van der Waals surface area (Å²) in [6, 6.07) is 7.60. The van der Waals surface area contributed by atoms with Crippen molar-refractivity contribution in [1.29, 1.82) is 0 Å². The summed E-state index contributed by atoms with van der Waals surface area (Å²) in [4.78, 5) is 17.7. The van der Waals surface area contributed by atoms with Gasteiger partial charge in [-0.25, -0.2) is 4.98 Å². The van der Waals surface area contributed by atoms with Crippen LogP contribution in [0.1, 0.15) is 42.5 Å². The van der Waals surface area contributed by atoms with Crippen LogP contribution < -0.4 is 4.74 Å². The van der Waals surface area contributed by atoms with E-state index in [9.17, 15) is 0 Å². The molecule has 0 N–H and O–H groups in total. The number of rotatable bonds is 7. The highest BCUT2D eigenvalue weighted by Crippen LogP contribution is 2.25. The summed E-state index contributed by atoms with van der Waals surface area (Å²) in [6.07, 6.45) is 2.92. The van der Waals surface area contributed by atoms with Crippen molar-refractivity contribution >= 4 is 0 Å². The standard InChI is InChI=1S/C21H22N6O3/c1-12(2)18-25-20(29-27-18)15-9-7-14(19(23-15)28-4)8-10-16-24-21(30-26-16)17-13(3)6-5-11-22-17/h5-7,9,11-12H,8,10H2,1-4H3. The van der Waals surface area contributed by atoms with Gasteiger partial charge < -0.3 is 13.8 Å². The van der Waals surface area contributed by atoms with E-state index in [1.165, 1.54) is 0 Å². The summed E-state index contributed by atoms with van der Waals surface area (Å²) in [5.41, 5.74) is 3.17. The van der Waals surface area contributed by atoms with Gasteiger partial charge in [0.2, 0.25) is 5.88 Å². The Labute approximate surface area is 173 Å². The second-order valence-electron chi connectivity index (χ2n) is 7.16. The number of aryl methyl sites for hydroxylation is 3. The Morgan fingerprint density at radius 1 is 0.967 bits per heavy atom. The molecule has 4 aromatic heterocycles. The van der Waals surface area contributed by atoms with E-state index in [0.29, 0.717) is 53.5 Å². The van der Waals surface area contributed by atoms with Crippen LogP contribution in [0.25, 0.3) is 23.2 Å². The highest BCUT2D eigenvalue weighted by Gasteiger charge is 2.17. The minimum Gasteiger partial charge on any atom is -0.481 e. The SMILES string of the molecule is COc1nc(-c2nc(C(C)C)no2)ccc1CCc1noc(-c2ncccc2C)n1. The van der Waals surface area contributed by atoms with Gasteiger partial charge in [-0.15, -0.1) is 0 Å². The maximum atomic E-state index is 5.47. The first kappa shape index (κ1) is 19.7. The molecule has 0 aliphatic carbocycles. The van der Waals surface area contributed by atoms with E-state index in [1.807, 2.05) is 45.0 Å². The van der Waals surface area contributed by atoms with E-state index in [4.69, 9.17) is 13.8 Å². The van der Waals surface area contributed by atoms with E-state index in [0.717, 1.165) is 11.1 Å². The number of aromatic nitrogens is 6. The zero-order chi connectivity index (χ0) is 21.1. The van der Waals surface area contributed by atoms with Crippen molar-refractivity contribution in [3.8, 4) is 29.0 Å². The fraction of sp³-hybridized carbons (Fsp3) is 0.333. The average Bonchev–Trinajstić information content (AvgIpc) is 3.42. The molecule has 154 valence electrons. The van der Waals surface area contributed by atoms with Crippen molar-refractivity contribution in [2.45, 2.75) is 39.5 Å². The van der Waals surface area contributed by atoms with E-state index >= 15 is 0 Å². The van der Waals surface area contributed by atoms with Gasteiger partial charge in [-0.2, -0.15) is 9.97 Å². The molecule has 4 heterocycles. The number of pyridine rings is 2. The van der Waals surface area contributed by atoms with Gasteiger partial charge in [0.1, 0.15) is 11.4 Å². The van der Waals surface area contributed by atoms with Gasteiger partial charge in [0, 0.05) is 24.1 Å². The van der Waals surface area contributed by atoms with E-state index < -0.39 is 0 Å².